The van der Waals surface area contributed by atoms with Gasteiger partial charge in [-0.05, 0) is 23.9 Å². The second-order valence-electron chi connectivity index (χ2n) is 6.12. The quantitative estimate of drug-likeness (QED) is 0.908. The van der Waals surface area contributed by atoms with Crippen LogP contribution in [-0.2, 0) is 9.59 Å². The highest BCUT2D eigenvalue weighted by atomic mass is 32.1. The number of piperazine rings is 1. The van der Waals surface area contributed by atoms with Crippen molar-refractivity contribution in [2.45, 2.75) is 19.8 Å². The predicted molar refractivity (Wildman–Crippen MR) is 95.9 cm³/mol. The summed E-state index contributed by atoms with van der Waals surface area (Å²) >= 11 is 1.51. The highest BCUT2D eigenvalue weighted by Gasteiger charge is 2.27. The number of rotatable bonds is 4. The zero-order valence-electron chi connectivity index (χ0n) is 14.0. The number of carbonyl (C=O) groups is 3. The van der Waals surface area contributed by atoms with E-state index in [0.29, 0.717) is 26.2 Å². The highest BCUT2D eigenvalue weighted by Crippen LogP contribution is 2.31. The number of benzene rings is 1. The number of amides is 2. The first-order valence-electron chi connectivity index (χ1n) is 8.24. The molecule has 1 aromatic carbocycles. The summed E-state index contributed by atoms with van der Waals surface area (Å²) in [5.74, 6) is -1.12. The lowest BCUT2D eigenvalue weighted by Gasteiger charge is -2.34. The Labute approximate surface area is 149 Å². The molecule has 7 heteroatoms. The molecule has 2 aromatic rings. The fourth-order valence-corrected chi connectivity index (χ4v) is 4.23. The second-order valence-corrected chi connectivity index (χ2v) is 7.17. The Morgan fingerprint density at radius 3 is 2.32 bits per heavy atom. The van der Waals surface area contributed by atoms with Gasteiger partial charge in [-0.2, -0.15) is 0 Å². The van der Waals surface area contributed by atoms with Gasteiger partial charge in [0.1, 0.15) is 0 Å². The molecule has 1 saturated heterocycles. The Morgan fingerprint density at radius 2 is 1.68 bits per heavy atom. The molecule has 1 aromatic heterocycles. The van der Waals surface area contributed by atoms with Crippen molar-refractivity contribution >= 4 is 39.2 Å². The van der Waals surface area contributed by atoms with Gasteiger partial charge < -0.3 is 14.9 Å². The Balaban J connectivity index is 1.64. The Kier molecular flexibility index (Phi) is 5.03. The predicted octanol–water partition coefficient (Wildman–Crippen LogP) is 2.36. The molecule has 0 bridgehead atoms. The summed E-state index contributed by atoms with van der Waals surface area (Å²) < 4.78 is 1.10. The summed E-state index contributed by atoms with van der Waals surface area (Å²) in [4.78, 5) is 39.6. The van der Waals surface area contributed by atoms with Crippen molar-refractivity contribution in [3.8, 4) is 0 Å². The number of carboxylic acid groups (broad SMARTS) is 1. The van der Waals surface area contributed by atoms with E-state index in [9.17, 15) is 14.4 Å². The first-order valence-corrected chi connectivity index (χ1v) is 9.06. The third kappa shape index (κ3) is 3.66. The Hall–Kier alpha value is -2.41. The normalized spacial score (nSPS) is 14.8. The molecule has 0 unspecified atom stereocenters. The van der Waals surface area contributed by atoms with Gasteiger partial charge in [0.05, 0.1) is 11.3 Å². The summed E-state index contributed by atoms with van der Waals surface area (Å²) in [5.41, 5.74) is 1.01. The number of aliphatic carboxylic acids is 1. The van der Waals surface area contributed by atoms with Gasteiger partial charge >= 0.3 is 5.97 Å². The number of carboxylic acids is 1. The average Bonchev–Trinajstić information content (AvgIpc) is 2.96. The molecule has 0 saturated carbocycles. The number of carbonyl (C=O) groups excluding carboxylic acids is 2. The third-order valence-electron chi connectivity index (χ3n) is 4.51. The first kappa shape index (κ1) is 17.4. The van der Waals surface area contributed by atoms with Crippen LogP contribution in [0, 0.1) is 6.92 Å². The lowest BCUT2D eigenvalue weighted by molar-refractivity contribution is -0.141. The SMILES string of the molecule is Cc1c(C(=O)N2CCN(C(=O)CCC(=O)O)CC2)sc2ccccc12. The molecule has 25 heavy (non-hydrogen) atoms. The number of hydrogen-bond donors (Lipinski definition) is 1. The average molecular weight is 360 g/mol. The summed E-state index contributed by atoms with van der Waals surface area (Å²) in [6, 6.07) is 7.98. The van der Waals surface area contributed by atoms with Crippen molar-refractivity contribution in [3.05, 3.63) is 34.7 Å². The molecule has 132 valence electrons. The van der Waals surface area contributed by atoms with Crippen LogP contribution in [0.3, 0.4) is 0 Å². The molecule has 0 atom stereocenters. The van der Waals surface area contributed by atoms with E-state index in [1.165, 1.54) is 11.3 Å². The molecular weight excluding hydrogens is 340 g/mol. The van der Waals surface area contributed by atoms with Crippen molar-refractivity contribution < 1.29 is 19.5 Å². The molecule has 6 nitrogen and oxygen atoms in total. The minimum absolute atomic E-state index is 0.0105. The van der Waals surface area contributed by atoms with Gasteiger partial charge in [0.15, 0.2) is 0 Å². The van der Waals surface area contributed by atoms with Crippen molar-refractivity contribution in [1.82, 2.24) is 9.80 Å². The largest absolute Gasteiger partial charge is 0.481 e. The number of nitrogens with zero attached hydrogens (tertiary/aromatic N) is 2. The molecule has 3 rings (SSSR count). The van der Waals surface area contributed by atoms with E-state index < -0.39 is 5.97 Å². The zero-order valence-corrected chi connectivity index (χ0v) is 14.8. The summed E-state index contributed by atoms with van der Waals surface area (Å²) in [6.07, 6.45) is -0.141. The van der Waals surface area contributed by atoms with Gasteiger partial charge in [0.25, 0.3) is 5.91 Å². The monoisotopic (exact) mass is 360 g/mol. The molecule has 1 aliphatic rings. The first-order chi connectivity index (χ1) is 12.0. The number of fused-ring (bicyclic) bond motifs is 1. The van der Waals surface area contributed by atoms with Crippen molar-refractivity contribution in [3.63, 3.8) is 0 Å². The molecule has 1 fully saturated rings. The summed E-state index contributed by atoms with van der Waals surface area (Å²) in [5, 5.41) is 9.77. The maximum atomic E-state index is 12.8. The van der Waals surface area contributed by atoms with E-state index in [1.54, 1.807) is 9.80 Å². The second kappa shape index (κ2) is 7.23. The Morgan fingerprint density at radius 1 is 1.04 bits per heavy atom. The standard InChI is InChI=1S/C18H20N2O4S/c1-12-13-4-2-3-5-14(13)25-17(12)18(24)20-10-8-19(9-11-20)15(21)6-7-16(22)23/h2-5H,6-11H2,1H3,(H,22,23). The minimum Gasteiger partial charge on any atom is -0.481 e. The molecule has 0 aliphatic carbocycles. The van der Waals surface area contributed by atoms with Crippen LogP contribution in [0.5, 0.6) is 0 Å². The summed E-state index contributed by atoms with van der Waals surface area (Å²) in [6.45, 7) is 3.83. The van der Waals surface area contributed by atoms with E-state index in [-0.39, 0.29) is 24.7 Å². The van der Waals surface area contributed by atoms with Crippen LogP contribution in [0.25, 0.3) is 10.1 Å². The minimum atomic E-state index is -0.970. The van der Waals surface area contributed by atoms with Gasteiger partial charge in [0, 0.05) is 37.3 Å². The molecule has 1 N–H and O–H groups in total. The third-order valence-corrected chi connectivity index (χ3v) is 5.77. The maximum absolute atomic E-state index is 12.8. The molecule has 2 amide bonds. The van der Waals surface area contributed by atoms with Crippen LogP contribution >= 0.6 is 11.3 Å². The van der Waals surface area contributed by atoms with Gasteiger partial charge in [-0.25, -0.2) is 0 Å². The molecule has 0 spiro atoms. The van der Waals surface area contributed by atoms with Crippen molar-refractivity contribution in [2.75, 3.05) is 26.2 Å². The van der Waals surface area contributed by atoms with E-state index >= 15 is 0 Å². The van der Waals surface area contributed by atoms with Crippen LogP contribution in [0.1, 0.15) is 28.1 Å². The van der Waals surface area contributed by atoms with Crippen LogP contribution < -0.4 is 0 Å². The van der Waals surface area contributed by atoms with Crippen molar-refractivity contribution in [2.24, 2.45) is 0 Å². The van der Waals surface area contributed by atoms with Gasteiger partial charge in [-0.3, -0.25) is 14.4 Å². The van der Waals surface area contributed by atoms with Gasteiger partial charge in [0.2, 0.25) is 5.91 Å². The lowest BCUT2D eigenvalue weighted by atomic mass is 10.1. The molecule has 2 heterocycles. The van der Waals surface area contributed by atoms with E-state index in [1.807, 2.05) is 31.2 Å². The maximum Gasteiger partial charge on any atom is 0.303 e. The van der Waals surface area contributed by atoms with E-state index in [2.05, 4.69) is 0 Å². The molecule has 0 radical (unpaired) electrons. The van der Waals surface area contributed by atoms with Crippen LogP contribution in [0.15, 0.2) is 24.3 Å². The highest BCUT2D eigenvalue weighted by molar-refractivity contribution is 7.21. The van der Waals surface area contributed by atoms with Crippen LogP contribution in [0.4, 0.5) is 0 Å². The number of thiophene rings is 1. The molecule has 1 aliphatic heterocycles. The summed E-state index contributed by atoms with van der Waals surface area (Å²) in [7, 11) is 0. The van der Waals surface area contributed by atoms with E-state index in [0.717, 1.165) is 20.5 Å². The molecular formula is C18H20N2O4S. The zero-order chi connectivity index (χ0) is 18.0. The topological polar surface area (TPSA) is 77.9 Å². The lowest BCUT2D eigenvalue weighted by Crippen LogP contribution is -2.50. The van der Waals surface area contributed by atoms with Crippen LogP contribution in [-0.4, -0.2) is 58.9 Å². The van der Waals surface area contributed by atoms with Crippen molar-refractivity contribution in [1.29, 1.82) is 0 Å². The fraction of sp³-hybridized carbons (Fsp3) is 0.389. The number of aryl methyl sites for hydroxylation is 1. The Bertz CT molecular complexity index is 822. The van der Waals surface area contributed by atoms with E-state index in [4.69, 9.17) is 5.11 Å². The van der Waals surface area contributed by atoms with Crippen LogP contribution in [0.2, 0.25) is 0 Å². The number of hydrogen-bond acceptors (Lipinski definition) is 4. The van der Waals surface area contributed by atoms with Gasteiger partial charge in [-0.1, -0.05) is 18.2 Å². The van der Waals surface area contributed by atoms with Gasteiger partial charge in [-0.15, -0.1) is 11.3 Å². The smallest absolute Gasteiger partial charge is 0.303 e. The fourth-order valence-electron chi connectivity index (χ4n) is 3.05.